The molecule has 0 saturated carbocycles. The Morgan fingerprint density at radius 3 is 2.16 bits per heavy atom. The van der Waals surface area contributed by atoms with Gasteiger partial charge in [0.05, 0.1) is 25.5 Å². The Hall–Kier alpha value is -3.07. The molecular formula is C28H43N5O4. The summed E-state index contributed by atoms with van der Waals surface area (Å²) in [4.78, 5) is 30.6. The molecule has 1 aliphatic rings. The first-order chi connectivity index (χ1) is 17.6. The Kier molecular flexibility index (Phi) is 9.97. The van der Waals surface area contributed by atoms with Crippen LogP contribution in [0.3, 0.4) is 0 Å². The lowest BCUT2D eigenvalue weighted by molar-refractivity contribution is -0.133. The number of carbonyl (C=O) groups is 2. The van der Waals surface area contributed by atoms with Crippen LogP contribution in [0.4, 0.5) is 0 Å². The number of amides is 2. The van der Waals surface area contributed by atoms with Gasteiger partial charge in [0, 0.05) is 45.2 Å². The van der Waals surface area contributed by atoms with Crippen LogP contribution in [0.25, 0.3) is 11.3 Å². The van der Waals surface area contributed by atoms with Gasteiger partial charge in [-0.2, -0.15) is 5.10 Å². The van der Waals surface area contributed by atoms with E-state index in [2.05, 4.69) is 50.1 Å². The molecule has 0 bridgehead atoms. The van der Waals surface area contributed by atoms with Gasteiger partial charge in [-0.05, 0) is 43.5 Å². The Morgan fingerprint density at radius 1 is 1.00 bits per heavy atom. The Bertz CT molecular complexity index is 1030. The number of nitrogens with zero attached hydrogens (tertiary/aromatic N) is 4. The van der Waals surface area contributed by atoms with Crippen molar-refractivity contribution in [2.24, 2.45) is 11.8 Å². The smallest absolute Gasteiger partial charge is 0.272 e. The van der Waals surface area contributed by atoms with Crippen LogP contribution in [0.15, 0.2) is 24.3 Å². The highest BCUT2D eigenvalue weighted by atomic mass is 16.5. The second kappa shape index (κ2) is 12.9. The number of rotatable bonds is 11. The molecule has 9 heteroatoms. The van der Waals surface area contributed by atoms with Gasteiger partial charge in [0.2, 0.25) is 5.91 Å². The van der Waals surface area contributed by atoms with Crippen molar-refractivity contribution in [3.63, 3.8) is 0 Å². The third kappa shape index (κ3) is 7.47. The first-order valence-electron chi connectivity index (χ1n) is 13.2. The van der Waals surface area contributed by atoms with Crippen molar-refractivity contribution in [1.29, 1.82) is 0 Å². The number of ether oxygens (including phenoxy) is 2. The molecule has 0 aliphatic carbocycles. The molecule has 1 aromatic carbocycles. The molecule has 0 spiro atoms. The van der Waals surface area contributed by atoms with Crippen LogP contribution in [0.5, 0.6) is 11.5 Å². The largest absolute Gasteiger partial charge is 0.496 e. The van der Waals surface area contributed by atoms with E-state index in [4.69, 9.17) is 9.47 Å². The summed E-state index contributed by atoms with van der Waals surface area (Å²) >= 11 is 0. The highest BCUT2D eigenvalue weighted by Crippen LogP contribution is 2.38. The van der Waals surface area contributed by atoms with E-state index in [1.54, 1.807) is 20.3 Å². The number of hydrogen-bond donors (Lipinski definition) is 1. The van der Waals surface area contributed by atoms with Gasteiger partial charge < -0.3 is 24.6 Å². The third-order valence-corrected chi connectivity index (χ3v) is 6.60. The van der Waals surface area contributed by atoms with Crippen molar-refractivity contribution in [2.75, 3.05) is 47.4 Å². The molecule has 1 N–H and O–H groups in total. The summed E-state index contributed by atoms with van der Waals surface area (Å²) in [6.07, 6.45) is 0.999. The third-order valence-electron chi connectivity index (χ3n) is 6.60. The van der Waals surface area contributed by atoms with Crippen LogP contribution in [-0.4, -0.2) is 84.9 Å². The zero-order valence-electron chi connectivity index (χ0n) is 23.4. The topological polar surface area (TPSA) is 88.9 Å². The predicted molar refractivity (Wildman–Crippen MR) is 145 cm³/mol. The highest BCUT2D eigenvalue weighted by Gasteiger charge is 2.26. The monoisotopic (exact) mass is 513 g/mol. The van der Waals surface area contributed by atoms with Crippen LogP contribution < -0.4 is 14.8 Å². The molecule has 1 saturated heterocycles. The minimum Gasteiger partial charge on any atom is -0.496 e. The maximum atomic E-state index is 13.4. The van der Waals surface area contributed by atoms with Crippen molar-refractivity contribution in [3.05, 3.63) is 30.0 Å². The van der Waals surface area contributed by atoms with Gasteiger partial charge in [-0.15, -0.1) is 0 Å². The van der Waals surface area contributed by atoms with Gasteiger partial charge in [0.25, 0.3) is 5.91 Å². The summed E-state index contributed by atoms with van der Waals surface area (Å²) in [5.74, 6) is 1.74. The molecule has 9 nitrogen and oxygen atoms in total. The van der Waals surface area contributed by atoms with Crippen LogP contribution in [0.2, 0.25) is 0 Å². The van der Waals surface area contributed by atoms with Crippen molar-refractivity contribution in [2.45, 2.75) is 53.1 Å². The highest BCUT2D eigenvalue weighted by molar-refractivity contribution is 5.94. The fourth-order valence-electron chi connectivity index (χ4n) is 4.74. The molecule has 37 heavy (non-hydrogen) atoms. The molecule has 1 unspecified atom stereocenters. The van der Waals surface area contributed by atoms with Crippen molar-refractivity contribution < 1.29 is 19.1 Å². The zero-order chi connectivity index (χ0) is 27.1. The molecule has 2 aromatic rings. The average molecular weight is 514 g/mol. The summed E-state index contributed by atoms with van der Waals surface area (Å²) in [5.41, 5.74) is 1.81. The van der Waals surface area contributed by atoms with E-state index in [9.17, 15) is 9.59 Å². The number of aromatic nitrogens is 2. The predicted octanol–water partition coefficient (Wildman–Crippen LogP) is 3.53. The number of hydrogen-bond acceptors (Lipinski definition) is 6. The van der Waals surface area contributed by atoms with E-state index in [1.165, 1.54) is 0 Å². The average Bonchev–Trinajstić information content (AvgIpc) is 3.26. The van der Waals surface area contributed by atoms with E-state index in [-0.39, 0.29) is 24.3 Å². The van der Waals surface area contributed by atoms with E-state index < -0.39 is 0 Å². The van der Waals surface area contributed by atoms with Crippen LogP contribution in [0, 0.1) is 11.8 Å². The van der Waals surface area contributed by atoms with Gasteiger partial charge in [-0.1, -0.05) is 33.8 Å². The first-order valence-corrected chi connectivity index (χ1v) is 13.2. The van der Waals surface area contributed by atoms with E-state index in [0.717, 1.165) is 37.4 Å². The van der Waals surface area contributed by atoms with Crippen molar-refractivity contribution >= 4 is 11.8 Å². The zero-order valence-corrected chi connectivity index (χ0v) is 23.4. The summed E-state index contributed by atoms with van der Waals surface area (Å²) in [6, 6.07) is 7.12. The van der Waals surface area contributed by atoms with Gasteiger partial charge >= 0.3 is 0 Å². The Labute approximate surface area is 221 Å². The van der Waals surface area contributed by atoms with Gasteiger partial charge in [-0.3, -0.25) is 14.3 Å². The van der Waals surface area contributed by atoms with Crippen LogP contribution in [-0.2, 0) is 11.3 Å². The lowest BCUT2D eigenvalue weighted by atomic mass is 10.00. The summed E-state index contributed by atoms with van der Waals surface area (Å²) in [6.45, 7) is 12.2. The molecule has 1 fully saturated rings. The number of likely N-dealkylation sites (N-methyl/N-ethyl adjacent to an activating group) is 1. The minimum atomic E-state index is -0.283. The molecule has 2 amide bonds. The SMILES string of the molecule is COc1cccc(OC)c1-c1cc(C(=O)NC(CC(=O)N2CCN(C)CC2)CC(C)C)nn1CC(C)C. The quantitative estimate of drug-likeness (QED) is 0.495. The molecule has 204 valence electrons. The minimum absolute atomic E-state index is 0.0869. The second-order valence-electron chi connectivity index (χ2n) is 10.7. The fraction of sp³-hybridized carbons (Fsp3) is 0.607. The van der Waals surface area contributed by atoms with E-state index in [1.807, 2.05) is 27.8 Å². The number of nitrogens with one attached hydrogen (secondary N) is 1. The molecule has 1 aromatic heterocycles. The van der Waals surface area contributed by atoms with E-state index >= 15 is 0 Å². The molecule has 2 heterocycles. The lowest BCUT2D eigenvalue weighted by Crippen LogP contribution is -2.49. The fourth-order valence-corrected chi connectivity index (χ4v) is 4.74. The molecule has 0 radical (unpaired) electrons. The normalized spacial score (nSPS) is 15.2. The Morgan fingerprint density at radius 2 is 1.62 bits per heavy atom. The summed E-state index contributed by atoms with van der Waals surface area (Å²) in [5, 5.41) is 7.79. The summed E-state index contributed by atoms with van der Waals surface area (Å²) < 4.78 is 13.1. The van der Waals surface area contributed by atoms with Crippen LogP contribution in [0.1, 0.15) is 51.0 Å². The van der Waals surface area contributed by atoms with Crippen molar-refractivity contribution in [3.8, 4) is 22.8 Å². The van der Waals surface area contributed by atoms with E-state index in [0.29, 0.717) is 42.0 Å². The standard InChI is InChI=1S/C28H43N5O4/c1-19(2)15-21(16-26(34)32-13-11-31(5)12-14-32)29-28(35)22-17-23(33(30-22)18-20(3)4)27-24(36-6)9-8-10-25(27)37-7/h8-10,17,19-21H,11-16,18H2,1-7H3,(H,29,35). The van der Waals surface area contributed by atoms with Gasteiger partial charge in [0.1, 0.15) is 11.5 Å². The van der Waals surface area contributed by atoms with Gasteiger partial charge in [0.15, 0.2) is 5.69 Å². The molecular weight excluding hydrogens is 470 g/mol. The van der Waals surface area contributed by atoms with Gasteiger partial charge in [-0.25, -0.2) is 0 Å². The maximum absolute atomic E-state index is 13.4. The number of carbonyl (C=O) groups excluding carboxylic acids is 2. The van der Waals surface area contributed by atoms with Crippen LogP contribution >= 0.6 is 0 Å². The maximum Gasteiger partial charge on any atom is 0.272 e. The molecule has 1 atom stereocenters. The number of piperazine rings is 1. The van der Waals surface area contributed by atoms with Crippen molar-refractivity contribution in [1.82, 2.24) is 24.9 Å². The second-order valence-corrected chi connectivity index (χ2v) is 10.7. The lowest BCUT2D eigenvalue weighted by Gasteiger charge is -2.33. The summed E-state index contributed by atoms with van der Waals surface area (Å²) in [7, 11) is 5.29. The molecule has 1 aliphatic heterocycles. The number of benzene rings is 1. The molecule has 3 rings (SSSR count). The number of methoxy groups -OCH3 is 2. The first kappa shape index (κ1) is 28.5. The Balaban J connectivity index is 1.86.